The molecule has 69 heavy (non-hydrogen) atoms. The van der Waals surface area contributed by atoms with Crippen molar-refractivity contribution >= 4 is 167 Å². The highest BCUT2D eigenvalue weighted by Gasteiger charge is 2.56. The molecule has 0 aliphatic heterocycles. The summed E-state index contributed by atoms with van der Waals surface area (Å²) in [6.07, 6.45) is -5.98. The van der Waals surface area contributed by atoms with E-state index >= 15 is 14.4 Å². The van der Waals surface area contributed by atoms with Gasteiger partial charge in [0, 0.05) is 51.8 Å². The highest BCUT2D eigenvalue weighted by Crippen LogP contribution is 2.28. The summed E-state index contributed by atoms with van der Waals surface area (Å²) in [6, 6.07) is 0. The zero-order chi connectivity index (χ0) is 52.4. The second-order valence-corrected chi connectivity index (χ2v) is 17.1. The molecule has 0 aromatic carbocycles. The van der Waals surface area contributed by atoms with Crippen molar-refractivity contribution in [3.63, 3.8) is 0 Å². The second-order valence-electron chi connectivity index (χ2n) is 13.1. The summed E-state index contributed by atoms with van der Waals surface area (Å²) in [4.78, 5) is 167. The number of thiol groups is 9. The number of rotatable bonds is 33. The molecule has 0 fully saturated rings. The minimum absolute atomic E-state index is 0.199. The van der Waals surface area contributed by atoms with E-state index < -0.39 is 180 Å². The average Bonchev–Trinajstić information content (AvgIpc) is 3.25. The molecule has 0 amide bonds. The molecule has 0 atom stereocenters. The molecule has 0 aliphatic rings. The standard InChI is InChI=1S/C36H51N3O21S9/c40-22(1-10-61)52-19-34(55-25(43)4-13-64,56-26(44)5-14-65)37-31(49)38(35(57-27(45)6-15-66,58-28(46)7-16-67)20-53-23(41)2-11-62)33(51)39(32(37)50)36(59-29(47)8-17-68,60-30(48)9-18-69)21-54-24(42)3-12-63/h61-69H,1-21H2. The van der Waals surface area contributed by atoms with Gasteiger partial charge in [-0.2, -0.15) is 127 Å². The number of hydrogen-bond donors (Lipinski definition) is 9. The maximum atomic E-state index is 15.5. The Morgan fingerprint density at radius 1 is 0.290 bits per heavy atom. The molecule has 0 radical (unpaired) electrons. The zero-order valence-corrected chi connectivity index (χ0v) is 44.3. The van der Waals surface area contributed by atoms with E-state index in [4.69, 9.17) is 42.6 Å². The Balaban J connectivity index is 5.46. The van der Waals surface area contributed by atoms with Crippen molar-refractivity contribution in [3.8, 4) is 0 Å². The van der Waals surface area contributed by atoms with Gasteiger partial charge < -0.3 is 42.6 Å². The smallest absolute Gasteiger partial charge is 0.390 e. The summed E-state index contributed by atoms with van der Waals surface area (Å²) in [5, 5.41) is 0. The number of esters is 9. The molecular formula is C36H51N3O21S9. The van der Waals surface area contributed by atoms with Crippen LogP contribution in [-0.2, 0) is 104 Å². The Labute approximate surface area is 442 Å². The number of carbonyl (C=O) groups is 9. The van der Waals surface area contributed by atoms with E-state index in [0.717, 1.165) is 0 Å². The van der Waals surface area contributed by atoms with Crippen molar-refractivity contribution in [2.75, 3.05) is 71.6 Å². The van der Waals surface area contributed by atoms with Crippen LogP contribution >= 0.6 is 114 Å². The van der Waals surface area contributed by atoms with Crippen molar-refractivity contribution in [3.05, 3.63) is 31.5 Å². The summed E-state index contributed by atoms with van der Waals surface area (Å²) >= 11 is 35.8. The maximum absolute atomic E-state index is 15.5. The van der Waals surface area contributed by atoms with Gasteiger partial charge in [0.05, 0.1) is 57.8 Å². The predicted octanol–water partition coefficient (Wildman–Crippen LogP) is -0.229. The Morgan fingerprint density at radius 2 is 0.435 bits per heavy atom. The lowest BCUT2D eigenvalue weighted by Gasteiger charge is -2.38. The normalized spacial score (nSPS) is 11.4. The third-order valence-corrected chi connectivity index (χ3v) is 9.91. The first kappa shape index (κ1) is 63.8. The monoisotopic (exact) mass is 1150 g/mol. The molecule has 0 N–H and O–H groups in total. The van der Waals surface area contributed by atoms with Crippen LogP contribution in [-0.4, -0.2) is 139 Å². The third kappa shape index (κ3) is 19.7. The number of carbonyl (C=O) groups excluding carboxylic acids is 9. The first-order valence-electron chi connectivity index (χ1n) is 20.0. The third-order valence-electron chi connectivity index (χ3n) is 7.90. The van der Waals surface area contributed by atoms with Crippen molar-refractivity contribution in [2.45, 2.75) is 75.5 Å². The fraction of sp³-hybridized carbons (Fsp3) is 0.667. The molecule has 0 bridgehead atoms. The summed E-state index contributed by atoms with van der Waals surface area (Å²) < 4.78 is 47.4. The van der Waals surface area contributed by atoms with Crippen LogP contribution in [0.15, 0.2) is 14.4 Å². The Bertz CT molecular complexity index is 1830. The highest BCUT2D eigenvalue weighted by molar-refractivity contribution is 7.81. The summed E-state index contributed by atoms with van der Waals surface area (Å²) in [5.74, 6) is -26.6. The highest BCUT2D eigenvalue weighted by atomic mass is 32.1. The number of nitrogens with zero attached hydrogens (tertiary/aromatic N) is 3. The Hall–Kier alpha value is -3.21. The van der Waals surface area contributed by atoms with E-state index in [9.17, 15) is 43.2 Å². The molecule has 24 nitrogen and oxygen atoms in total. The summed E-state index contributed by atoms with van der Waals surface area (Å²) in [5.41, 5.74) is -6.89. The first-order chi connectivity index (χ1) is 32.7. The van der Waals surface area contributed by atoms with Crippen LogP contribution in [0.2, 0.25) is 0 Å². The minimum atomic E-state index is -3.80. The van der Waals surface area contributed by atoms with Gasteiger partial charge in [0.2, 0.25) is 0 Å². The predicted molar refractivity (Wildman–Crippen MR) is 269 cm³/mol. The molecule has 0 spiro atoms. The lowest BCUT2D eigenvalue weighted by molar-refractivity contribution is -0.306. The van der Waals surface area contributed by atoms with E-state index in [1.165, 1.54) is 0 Å². The van der Waals surface area contributed by atoms with Crippen LogP contribution in [0.5, 0.6) is 0 Å². The molecular weight excluding hydrogens is 1100 g/mol. The van der Waals surface area contributed by atoms with Gasteiger partial charge in [0.25, 0.3) is 0 Å². The zero-order valence-electron chi connectivity index (χ0n) is 36.3. The number of aromatic nitrogens is 3. The molecule has 1 aromatic heterocycles. The van der Waals surface area contributed by atoms with Crippen LogP contribution in [0.1, 0.15) is 57.8 Å². The van der Waals surface area contributed by atoms with E-state index in [2.05, 4.69) is 114 Å². The molecule has 0 saturated carbocycles. The molecule has 0 saturated heterocycles. The van der Waals surface area contributed by atoms with Crippen molar-refractivity contribution in [1.29, 1.82) is 0 Å². The van der Waals surface area contributed by atoms with Crippen molar-refractivity contribution in [2.24, 2.45) is 0 Å². The number of hydrogen-bond acceptors (Lipinski definition) is 30. The van der Waals surface area contributed by atoms with Gasteiger partial charge in [-0.3, -0.25) is 43.2 Å². The first-order valence-corrected chi connectivity index (χ1v) is 25.7. The lowest BCUT2D eigenvalue weighted by atomic mass is 10.3. The molecule has 1 heterocycles. The molecule has 1 rings (SSSR count). The van der Waals surface area contributed by atoms with Crippen LogP contribution < -0.4 is 17.1 Å². The van der Waals surface area contributed by atoms with Gasteiger partial charge in [-0.1, -0.05) is 0 Å². The molecule has 0 aliphatic carbocycles. The summed E-state index contributed by atoms with van der Waals surface area (Å²) in [6.45, 7) is -5.06. The minimum Gasteiger partial charge on any atom is -0.455 e. The average molecular weight is 1150 g/mol. The van der Waals surface area contributed by atoms with Crippen LogP contribution in [0.25, 0.3) is 0 Å². The maximum Gasteiger partial charge on any atom is 0.390 e. The second kappa shape index (κ2) is 32.7. The van der Waals surface area contributed by atoms with Gasteiger partial charge in [0.1, 0.15) is 0 Å². The quantitative estimate of drug-likeness (QED) is 0.0190. The van der Waals surface area contributed by atoms with Crippen LogP contribution in [0, 0.1) is 0 Å². The fourth-order valence-corrected chi connectivity index (χ4v) is 6.70. The molecule has 390 valence electrons. The van der Waals surface area contributed by atoms with Gasteiger partial charge >= 0.3 is 88.5 Å². The Morgan fingerprint density at radius 3 is 0.580 bits per heavy atom. The van der Waals surface area contributed by atoms with Gasteiger partial charge in [0.15, 0.2) is 19.8 Å². The lowest BCUT2D eigenvalue weighted by Crippen LogP contribution is -2.72. The van der Waals surface area contributed by atoms with Crippen molar-refractivity contribution in [1.82, 2.24) is 13.7 Å². The summed E-state index contributed by atoms with van der Waals surface area (Å²) in [7, 11) is 0. The van der Waals surface area contributed by atoms with E-state index in [0.29, 0.717) is 0 Å². The van der Waals surface area contributed by atoms with E-state index in [1.54, 1.807) is 0 Å². The topological polar surface area (TPSA) is 303 Å². The molecule has 1 aromatic rings. The van der Waals surface area contributed by atoms with Crippen LogP contribution in [0.4, 0.5) is 0 Å². The molecule has 33 heteroatoms. The van der Waals surface area contributed by atoms with Gasteiger partial charge in [-0.25, -0.2) is 14.4 Å². The SMILES string of the molecule is O=C(CCS)OCC(OC(=O)CCS)(OC(=O)CCS)n1c(=O)n(C(COC(=O)CCS)(OC(=O)CCS)OC(=O)CCS)c(=O)n(C(COC(=O)CCS)(OC(=O)CCS)OC(=O)CCS)c1=O. The van der Waals surface area contributed by atoms with Gasteiger partial charge in [-0.15, -0.1) is 0 Å². The molecule has 0 unspecified atom stereocenters. The van der Waals surface area contributed by atoms with E-state index in [1.807, 2.05) is 0 Å². The van der Waals surface area contributed by atoms with Crippen LogP contribution in [0.3, 0.4) is 0 Å². The largest absolute Gasteiger partial charge is 0.455 e. The van der Waals surface area contributed by atoms with Gasteiger partial charge in [-0.05, 0) is 0 Å². The number of ether oxygens (including phenoxy) is 9. The van der Waals surface area contributed by atoms with E-state index in [-0.39, 0.29) is 51.8 Å². The van der Waals surface area contributed by atoms with Crippen molar-refractivity contribution < 1.29 is 85.8 Å². The fourth-order valence-electron chi connectivity index (χ4n) is 5.05. The Kier molecular flexibility index (Phi) is 30.2.